The van der Waals surface area contributed by atoms with Crippen LogP contribution in [0.2, 0.25) is 0 Å². The largest absolute Gasteiger partial charge is 0.477 e. The molecular formula is C24H32N2O5S. The second kappa shape index (κ2) is 11.0. The summed E-state index contributed by atoms with van der Waals surface area (Å²) >= 11 is 1.05. The number of carboxylic acid groups (broad SMARTS) is 1. The summed E-state index contributed by atoms with van der Waals surface area (Å²) in [4.78, 5) is 42.3. The van der Waals surface area contributed by atoms with Gasteiger partial charge in [-0.2, -0.15) is 0 Å². The number of aromatic carboxylic acids is 1. The molecule has 0 unspecified atom stereocenters. The molecule has 0 spiro atoms. The molecule has 1 aromatic rings. The molecule has 2 aliphatic rings. The van der Waals surface area contributed by atoms with Crippen molar-refractivity contribution in [3.8, 4) is 11.8 Å². The Morgan fingerprint density at radius 2 is 1.88 bits per heavy atom. The van der Waals surface area contributed by atoms with E-state index >= 15 is 0 Å². The molecule has 1 aliphatic heterocycles. The molecule has 1 saturated heterocycles. The molecule has 1 aliphatic carbocycles. The molecule has 2 fully saturated rings. The molecule has 1 aromatic heterocycles. The second-order valence-electron chi connectivity index (χ2n) is 8.93. The molecule has 2 heterocycles. The zero-order valence-electron chi connectivity index (χ0n) is 19.1. The monoisotopic (exact) mass is 460 g/mol. The maximum absolute atomic E-state index is 13.6. The minimum atomic E-state index is -1.11. The molecule has 8 heteroatoms. The van der Waals surface area contributed by atoms with Crippen LogP contribution < -0.4 is 4.90 Å². The third-order valence-electron chi connectivity index (χ3n) is 5.97. The van der Waals surface area contributed by atoms with Crippen molar-refractivity contribution in [3.63, 3.8) is 0 Å². The van der Waals surface area contributed by atoms with Crippen LogP contribution in [0.4, 0.5) is 5.69 Å². The summed E-state index contributed by atoms with van der Waals surface area (Å²) in [5, 5.41) is 9.83. The number of hydrogen-bond acceptors (Lipinski definition) is 5. The van der Waals surface area contributed by atoms with Crippen molar-refractivity contribution < 1.29 is 24.2 Å². The van der Waals surface area contributed by atoms with Gasteiger partial charge in [-0.3, -0.25) is 9.59 Å². The van der Waals surface area contributed by atoms with Crippen LogP contribution >= 0.6 is 11.3 Å². The summed E-state index contributed by atoms with van der Waals surface area (Å²) in [6.45, 7) is 7.81. The van der Waals surface area contributed by atoms with E-state index in [1.54, 1.807) is 11.0 Å². The fourth-order valence-electron chi connectivity index (χ4n) is 4.07. The number of amides is 2. The molecule has 174 valence electrons. The molecule has 0 atom stereocenters. The number of carbonyl (C=O) groups excluding carboxylic acids is 2. The van der Waals surface area contributed by atoms with Crippen molar-refractivity contribution >= 4 is 34.8 Å². The van der Waals surface area contributed by atoms with Gasteiger partial charge in [-0.1, -0.05) is 32.6 Å². The van der Waals surface area contributed by atoms with Gasteiger partial charge in [0.05, 0.1) is 23.8 Å². The van der Waals surface area contributed by atoms with Crippen LogP contribution in [0, 0.1) is 29.6 Å². The maximum atomic E-state index is 13.6. The highest BCUT2D eigenvalue weighted by atomic mass is 32.1. The fourth-order valence-corrected chi connectivity index (χ4v) is 4.93. The molecular weight excluding hydrogens is 428 g/mol. The lowest BCUT2D eigenvalue weighted by Gasteiger charge is -2.33. The van der Waals surface area contributed by atoms with E-state index in [-0.39, 0.29) is 40.8 Å². The van der Waals surface area contributed by atoms with Gasteiger partial charge in [0.1, 0.15) is 11.4 Å². The maximum Gasteiger partial charge on any atom is 0.348 e. The second-order valence-corrected chi connectivity index (χ2v) is 9.98. The summed E-state index contributed by atoms with van der Waals surface area (Å²) in [6, 6.07) is 1.65. The van der Waals surface area contributed by atoms with Gasteiger partial charge in [-0.15, -0.1) is 11.3 Å². The van der Waals surface area contributed by atoms with Gasteiger partial charge in [0.15, 0.2) is 0 Å². The fraction of sp³-hybridized carbons (Fsp3) is 0.625. The van der Waals surface area contributed by atoms with Gasteiger partial charge in [0.25, 0.3) is 0 Å². The van der Waals surface area contributed by atoms with Crippen LogP contribution in [0.15, 0.2) is 6.07 Å². The van der Waals surface area contributed by atoms with Crippen LogP contribution in [-0.2, 0) is 14.3 Å². The minimum absolute atomic E-state index is 0.0466. The van der Waals surface area contributed by atoms with Gasteiger partial charge < -0.3 is 19.6 Å². The van der Waals surface area contributed by atoms with Crippen LogP contribution in [0.5, 0.6) is 0 Å². The average Bonchev–Trinajstić information content (AvgIpc) is 3.21. The average molecular weight is 461 g/mol. The lowest BCUT2D eigenvalue weighted by molar-refractivity contribution is -0.135. The van der Waals surface area contributed by atoms with E-state index in [1.165, 1.54) is 4.90 Å². The molecule has 0 bridgehead atoms. The lowest BCUT2D eigenvalue weighted by atomic mass is 9.82. The van der Waals surface area contributed by atoms with Crippen LogP contribution in [-0.4, -0.2) is 60.6 Å². The first-order chi connectivity index (χ1) is 15.3. The smallest absolute Gasteiger partial charge is 0.348 e. The van der Waals surface area contributed by atoms with E-state index in [0.29, 0.717) is 37.1 Å². The minimum Gasteiger partial charge on any atom is -0.477 e. The number of ether oxygens (including phenoxy) is 1. The van der Waals surface area contributed by atoms with E-state index in [2.05, 4.69) is 18.8 Å². The topological polar surface area (TPSA) is 87.2 Å². The normalized spacial score (nSPS) is 21.1. The van der Waals surface area contributed by atoms with Gasteiger partial charge in [-0.05, 0) is 37.7 Å². The molecule has 3 rings (SSSR count). The SMILES string of the molecule is CC(C)C#Cc1cc(N(CC(=O)N2CCOCC2)C(=O)C2CCC(C)CC2)c(C(=O)O)s1. The standard InChI is InChI=1S/C24H32N2O5S/c1-16(2)4-9-19-14-20(22(32-19)24(29)30)26(15-21(27)25-10-12-31-13-11-25)23(28)18-7-5-17(3)6-8-18/h14,16-18H,5-8,10-13,15H2,1-3H3,(H,29,30). The number of morpholine rings is 1. The molecule has 1 saturated carbocycles. The first-order valence-corrected chi connectivity index (χ1v) is 12.1. The Kier molecular flexibility index (Phi) is 8.32. The number of hydrogen-bond donors (Lipinski definition) is 1. The number of thiophene rings is 1. The summed E-state index contributed by atoms with van der Waals surface area (Å²) in [5.41, 5.74) is 0.279. The highest BCUT2D eigenvalue weighted by Gasteiger charge is 2.34. The van der Waals surface area contributed by atoms with Crippen molar-refractivity contribution in [3.05, 3.63) is 15.8 Å². The predicted octanol–water partition coefficient (Wildman–Crippen LogP) is 3.47. The molecule has 2 amide bonds. The van der Waals surface area contributed by atoms with E-state index in [9.17, 15) is 19.5 Å². The Balaban J connectivity index is 1.94. The number of carboxylic acids is 1. The van der Waals surface area contributed by atoms with E-state index < -0.39 is 5.97 Å². The van der Waals surface area contributed by atoms with Crippen molar-refractivity contribution in [1.82, 2.24) is 4.90 Å². The Morgan fingerprint density at radius 1 is 1.22 bits per heavy atom. The highest BCUT2D eigenvalue weighted by molar-refractivity contribution is 7.15. The van der Waals surface area contributed by atoms with Gasteiger partial charge in [0.2, 0.25) is 11.8 Å². The van der Waals surface area contributed by atoms with E-state index in [1.807, 2.05) is 13.8 Å². The van der Waals surface area contributed by atoms with Crippen LogP contribution in [0.1, 0.15) is 61.0 Å². The highest BCUT2D eigenvalue weighted by Crippen LogP contribution is 2.35. The summed E-state index contributed by atoms with van der Waals surface area (Å²) in [7, 11) is 0. The Bertz CT molecular complexity index is 899. The van der Waals surface area contributed by atoms with Gasteiger partial charge in [-0.25, -0.2) is 4.79 Å². The third kappa shape index (κ3) is 6.11. The van der Waals surface area contributed by atoms with Crippen LogP contribution in [0.3, 0.4) is 0 Å². The lowest BCUT2D eigenvalue weighted by Crippen LogP contribution is -2.48. The van der Waals surface area contributed by atoms with Gasteiger partial charge in [0, 0.05) is 24.9 Å². The van der Waals surface area contributed by atoms with E-state index in [4.69, 9.17) is 4.74 Å². The molecule has 7 nitrogen and oxygen atoms in total. The van der Waals surface area contributed by atoms with Gasteiger partial charge >= 0.3 is 5.97 Å². The Morgan fingerprint density at radius 3 is 2.47 bits per heavy atom. The van der Waals surface area contributed by atoms with Crippen molar-refractivity contribution in [1.29, 1.82) is 0 Å². The number of nitrogens with zero attached hydrogens (tertiary/aromatic N) is 2. The predicted molar refractivity (Wildman–Crippen MR) is 124 cm³/mol. The van der Waals surface area contributed by atoms with Crippen molar-refractivity contribution in [2.45, 2.75) is 46.5 Å². The number of carbonyl (C=O) groups is 3. The van der Waals surface area contributed by atoms with E-state index in [0.717, 1.165) is 37.0 Å². The Hall–Kier alpha value is -2.37. The summed E-state index contributed by atoms with van der Waals surface area (Å²) in [6.07, 6.45) is 3.44. The first kappa shape index (κ1) is 24.3. The molecule has 0 aromatic carbocycles. The van der Waals surface area contributed by atoms with Crippen molar-refractivity contribution in [2.75, 3.05) is 37.7 Å². The zero-order chi connectivity index (χ0) is 23.3. The zero-order valence-corrected chi connectivity index (χ0v) is 19.9. The molecule has 32 heavy (non-hydrogen) atoms. The molecule has 1 N–H and O–H groups in total. The first-order valence-electron chi connectivity index (χ1n) is 11.3. The van der Waals surface area contributed by atoms with Crippen molar-refractivity contribution in [2.24, 2.45) is 17.8 Å². The number of anilines is 1. The summed E-state index contributed by atoms with van der Waals surface area (Å²) < 4.78 is 5.33. The molecule has 0 radical (unpaired) electrons. The third-order valence-corrected chi connectivity index (χ3v) is 7.00. The number of rotatable bonds is 5. The Labute approximate surface area is 193 Å². The quantitative estimate of drug-likeness (QED) is 0.680. The van der Waals surface area contributed by atoms with Crippen LogP contribution in [0.25, 0.3) is 0 Å². The summed E-state index contributed by atoms with van der Waals surface area (Å²) in [5.74, 6) is 5.10.